The number of rotatable bonds is 3. The van der Waals surface area contributed by atoms with Crippen LogP contribution in [-0.4, -0.2) is 8.76 Å². The van der Waals surface area contributed by atoms with Gasteiger partial charge in [0, 0.05) is 10.5 Å². The summed E-state index contributed by atoms with van der Waals surface area (Å²) in [4.78, 5) is 0.0590. The minimum atomic E-state index is -2.46. The summed E-state index contributed by atoms with van der Waals surface area (Å²) >= 11 is -2.46. The number of aryl methyl sites for hydroxylation is 1. The van der Waals surface area contributed by atoms with Crippen LogP contribution >= 0.6 is 0 Å². The highest BCUT2D eigenvalue weighted by molar-refractivity contribution is 7.79. The lowest BCUT2D eigenvalue weighted by Crippen LogP contribution is -2.01. The molecular formula is C17H11N2O2S-. The molecule has 0 amide bonds. The second-order valence-corrected chi connectivity index (χ2v) is 5.43. The molecule has 4 nitrogen and oxygen atoms in total. The van der Waals surface area contributed by atoms with Crippen LogP contribution in [0.3, 0.4) is 0 Å². The van der Waals surface area contributed by atoms with Gasteiger partial charge < -0.3 is 4.55 Å². The summed E-state index contributed by atoms with van der Waals surface area (Å²) in [7, 11) is 0. The van der Waals surface area contributed by atoms with Crippen molar-refractivity contribution in [3.63, 3.8) is 0 Å². The first-order valence-electron chi connectivity index (χ1n) is 6.39. The highest BCUT2D eigenvalue weighted by atomic mass is 32.2. The fourth-order valence-electron chi connectivity index (χ4n) is 2.22. The van der Waals surface area contributed by atoms with Gasteiger partial charge in [-0.2, -0.15) is 10.5 Å². The standard InChI is InChI=1S/C17H12N2O2S/c1-12-6-2-3-7-14(12)17(13(10-18)11-19)15-8-4-5-9-16(15)22(20)21/h2-9H,1H3,(H,20,21)/p-1. The van der Waals surface area contributed by atoms with Crippen LogP contribution in [0.5, 0.6) is 0 Å². The van der Waals surface area contributed by atoms with Crippen LogP contribution in [0.1, 0.15) is 16.7 Å². The zero-order chi connectivity index (χ0) is 16.1. The molecule has 2 aromatic rings. The molecule has 22 heavy (non-hydrogen) atoms. The summed E-state index contributed by atoms with van der Waals surface area (Å²) in [5, 5.41) is 18.5. The van der Waals surface area contributed by atoms with E-state index in [0.717, 1.165) is 5.56 Å². The second kappa shape index (κ2) is 6.82. The van der Waals surface area contributed by atoms with Crippen LogP contribution in [0.4, 0.5) is 0 Å². The lowest BCUT2D eigenvalue weighted by atomic mass is 9.91. The molecule has 0 fully saturated rings. The van der Waals surface area contributed by atoms with Crippen molar-refractivity contribution in [1.29, 1.82) is 10.5 Å². The molecular weight excluding hydrogens is 296 g/mol. The van der Waals surface area contributed by atoms with E-state index in [9.17, 15) is 19.3 Å². The van der Waals surface area contributed by atoms with Crippen molar-refractivity contribution in [3.8, 4) is 12.1 Å². The number of nitrogens with zero attached hydrogens (tertiary/aromatic N) is 2. The van der Waals surface area contributed by atoms with Crippen molar-refractivity contribution in [1.82, 2.24) is 0 Å². The fourth-order valence-corrected chi connectivity index (χ4v) is 2.76. The van der Waals surface area contributed by atoms with Crippen LogP contribution in [0.2, 0.25) is 0 Å². The van der Waals surface area contributed by atoms with Crippen molar-refractivity contribution in [3.05, 3.63) is 70.8 Å². The first kappa shape index (κ1) is 15.7. The summed E-state index contributed by atoms with van der Waals surface area (Å²) in [6.07, 6.45) is 0. The van der Waals surface area contributed by atoms with Gasteiger partial charge >= 0.3 is 0 Å². The van der Waals surface area contributed by atoms with Gasteiger partial charge in [0.1, 0.15) is 17.7 Å². The quantitative estimate of drug-likeness (QED) is 0.644. The van der Waals surface area contributed by atoms with E-state index in [0.29, 0.717) is 16.7 Å². The van der Waals surface area contributed by atoms with Crippen LogP contribution < -0.4 is 0 Å². The lowest BCUT2D eigenvalue weighted by Gasteiger charge is -2.16. The minimum absolute atomic E-state index is 0.0590. The summed E-state index contributed by atoms with van der Waals surface area (Å²) < 4.78 is 22.9. The Bertz CT molecular complexity index is 841. The van der Waals surface area contributed by atoms with Gasteiger partial charge in [0.25, 0.3) is 0 Å². The van der Waals surface area contributed by atoms with E-state index in [2.05, 4.69) is 0 Å². The van der Waals surface area contributed by atoms with Gasteiger partial charge in [-0.15, -0.1) is 0 Å². The molecule has 0 saturated heterocycles. The van der Waals surface area contributed by atoms with E-state index in [-0.39, 0.29) is 10.5 Å². The van der Waals surface area contributed by atoms with Gasteiger partial charge in [-0.05, 0) is 40.8 Å². The topological polar surface area (TPSA) is 87.7 Å². The molecule has 0 aliphatic rings. The predicted octanol–water partition coefficient (Wildman–Crippen LogP) is 3.08. The maximum absolute atomic E-state index is 11.5. The lowest BCUT2D eigenvalue weighted by molar-refractivity contribution is 0.537. The minimum Gasteiger partial charge on any atom is -0.768 e. The SMILES string of the molecule is Cc1ccccc1C(=C(C#N)C#N)c1ccccc1S(=O)[O-]. The highest BCUT2D eigenvalue weighted by Gasteiger charge is 2.17. The fraction of sp³-hybridized carbons (Fsp3) is 0.0588. The van der Waals surface area contributed by atoms with Gasteiger partial charge in [0.15, 0.2) is 0 Å². The Hall–Kier alpha value is -2.73. The van der Waals surface area contributed by atoms with E-state index in [1.807, 2.05) is 31.2 Å². The van der Waals surface area contributed by atoms with Crippen LogP contribution in [0.15, 0.2) is 59.0 Å². The smallest absolute Gasteiger partial charge is 0.138 e. The summed E-state index contributed by atoms with van der Waals surface area (Å²) in [6, 6.07) is 17.3. The molecule has 0 bridgehead atoms. The third kappa shape index (κ3) is 2.96. The second-order valence-electron chi connectivity index (χ2n) is 4.52. The average molecular weight is 307 g/mol. The zero-order valence-corrected chi connectivity index (χ0v) is 12.6. The van der Waals surface area contributed by atoms with E-state index in [4.69, 9.17) is 0 Å². The summed E-state index contributed by atoms with van der Waals surface area (Å²) in [5.41, 5.74) is 2.09. The van der Waals surface area contributed by atoms with Crippen molar-refractivity contribution >= 4 is 16.7 Å². The first-order valence-corrected chi connectivity index (χ1v) is 7.46. The Labute approximate surface area is 131 Å². The van der Waals surface area contributed by atoms with E-state index >= 15 is 0 Å². The Balaban J connectivity index is 2.88. The first-order chi connectivity index (χ1) is 10.6. The monoisotopic (exact) mass is 307 g/mol. The summed E-state index contributed by atoms with van der Waals surface area (Å²) in [5.74, 6) is 0. The molecule has 1 atom stereocenters. The molecule has 0 aliphatic carbocycles. The maximum Gasteiger partial charge on any atom is 0.138 e. The molecule has 0 aromatic heterocycles. The van der Waals surface area contributed by atoms with Crippen LogP contribution in [0.25, 0.3) is 5.57 Å². The molecule has 0 heterocycles. The van der Waals surface area contributed by atoms with Gasteiger partial charge in [0.05, 0.1) is 0 Å². The molecule has 0 radical (unpaired) electrons. The third-order valence-corrected chi connectivity index (χ3v) is 3.94. The van der Waals surface area contributed by atoms with Crippen molar-refractivity contribution in [2.45, 2.75) is 11.8 Å². The van der Waals surface area contributed by atoms with Crippen LogP contribution in [-0.2, 0) is 11.1 Å². The predicted molar refractivity (Wildman–Crippen MR) is 82.1 cm³/mol. The van der Waals surface area contributed by atoms with Crippen molar-refractivity contribution in [2.75, 3.05) is 0 Å². The molecule has 0 aliphatic heterocycles. The Morgan fingerprint density at radius 1 is 1.00 bits per heavy atom. The number of benzene rings is 2. The highest BCUT2D eigenvalue weighted by Crippen LogP contribution is 2.32. The van der Waals surface area contributed by atoms with Crippen molar-refractivity contribution in [2.24, 2.45) is 0 Å². The van der Waals surface area contributed by atoms with E-state index < -0.39 is 11.1 Å². The molecule has 0 saturated carbocycles. The third-order valence-electron chi connectivity index (χ3n) is 3.22. The molecule has 0 spiro atoms. The zero-order valence-electron chi connectivity index (χ0n) is 11.7. The van der Waals surface area contributed by atoms with Gasteiger partial charge in [0.2, 0.25) is 0 Å². The average Bonchev–Trinajstić information content (AvgIpc) is 2.53. The van der Waals surface area contributed by atoms with Crippen LogP contribution in [0, 0.1) is 29.6 Å². The molecule has 2 rings (SSSR count). The summed E-state index contributed by atoms with van der Waals surface area (Å²) in [6.45, 7) is 1.85. The Morgan fingerprint density at radius 3 is 2.09 bits per heavy atom. The number of hydrogen-bond acceptors (Lipinski definition) is 4. The molecule has 0 N–H and O–H groups in total. The Morgan fingerprint density at radius 2 is 1.55 bits per heavy atom. The number of allylic oxidation sites excluding steroid dienone is 1. The number of nitriles is 2. The van der Waals surface area contributed by atoms with Crippen molar-refractivity contribution < 1.29 is 8.76 Å². The normalized spacial score (nSPS) is 11.1. The van der Waals surface area contributed by atoms with Gasteiger partial charge in [-0.3, -0.25) is 4.21 Å². The molecule has 2 aromatic carbocycles. The molecule has 1 unspecified atom stereocenters. The van der Waals surface area contributed by atoms with Gasteiger partial charge in [-0.25, -0.2) is 0 Å². The van der Waals surface area contributed by atoms with Gasteiger partial charge in [-0.1, -0.05) is 42.5 Å². The maximum atomic E-state index is 11.5. The Kier molecular flexibility index (Phi) is 4.85. The molecule has 108 valence electrons. The number of hydrogen-bond donors (Lipinski definition) is 0. The van der Waals surface area contributed by atoms with E-state index in [1.54, 1.807) is 30.3 Å². The molecule has 5 heteroatoms. The largest absolute Gasteiger partial charge is 0.768 e. The van der Waals surface area contributed by atoms with E-state index in [1.165, 1.54) is 6.07 Å².